The summed E-state index contributed by atoms with van der Waals surface area (Å²) in [7, 11) is 0. The number of aryl methyl sites for hydroxylation is 1. The van der Waals surface area contributed by atoms with Crippen molar-refractivity contribution in [3.05, 3.63) is 27.3 Å². The molecular weight excluding hydrogens is 324 g/mol. The van der Waals surface area contributed by atoms with Crippen LogP contribution in [-0.4, -0.2) is 17.8 Å². The van der Waals surface area contributed by atoms with Crippen LogP contribution in [0.2, 0.25) is 0 Å². The summed E-state index contributed by atoms with van der Waals surface area (Å²) in [6.07, 6.45) is 0.450. The third kappa shape index (κ3) is 2.13. The predicted molar refractivity (Wildman–Crippen MR) is 70.5 cm³/mol. The van der Waals surface area contributed by atoms with Crippen LogP contribution in [0.15, 0.2) is 18.2 Å². The summed E-state index contributed by atoms with van der Waals surface area (Å²) < 4.78 is 1.13. The molecule has 0 bridgehead atoms. The van der Waals surface area contributed by atoms with Crippen LogP contribution < -0.4 is 4.90 Å². The van der Waals surface area contributed by atoms with Gasteiger partial charge < -0.3 is 4.90 Å². The molecule has 1 aliphatic rings. The van der Waals surface area contributed by atoms with Gasteiger partial charge in [0.05, 0.1) is 11.1 Å². The van der Waals surface area contributed by atoms with E-state index in [0.29, 0.717) is 13.0 Å². The highest BCUT2D eigenvalue weighted by molar-refractivity contribution is 14.1. The molecule has 0 spiro atoms. The Morgan fingerprint density at radius 3 is 2.87 bits per heavy atom. The Kier molecular flexibility index (Phi) is 3.21. The molecule has 1 fully saturated rings. The standard InChI is InChI=1S/C11H11ClINO/c1-7-3-2-4-9(11(7)13)14-6-8(12)5-10(14)15/h2-4,8H,5-6H2,1H3. The van der Waals surface area contributed by atoms with Crippen LogP contribution in [-0.2, 0) is 4.79 Å². The Morgan fingerprint density at radius 1 is 1.53 bits per heavy atom. The average Bonchev–Trinajstić information content (AvgIpc) is 2.50. The first-order valence-electron chi connectivity index (χ1n) is 4.79. The van der Waals surface area contributed by atoms with Gasteiger partial charge in [-0.15, -0.1) is 11.6 Å². The van der Waals surface area contributed by atoms with E-state index in [1.165, 1.54) is 5.56 Å². The van der Waals surface area contributed by atoms with Gasteiger partial charge in [-0.25, -0.2) is 0 Å². The van der Waals surface area contributed by atoms with Crippen molar-refractivity contribution in [1.82, 2.24) is 0 Å². The number of amides is 1. The number of alkyl halides is 1. The summed E-state index contributed by atoms with van der Waals surface area (Å²) in [5.74, 6) is 0.124. The zero-order chi connectivity index (χ0) is 11.0. The van der Waals surface area contributed by atoms with E-state index in [9.17, 15) is 4.79 Å². The number of halogens is 2. The Balaban J connectivity index is 2.38. The van der Waals surface area contributed by atoms with Crippen molar-refractivity contribution in [3.63, 3.8) is 0 Å². The minimum atomic E-state index is -0.0474. The molecule has 15 heavy (non-hydrogen) atoms. The molecule has 1 amide bonds. The Morgan fingerprint density at radius 2 is 2.27 bits per heavy atom. The first-order chi connectivity index (χ1) is 7.09. The van der Waals surface area contributed by atoms with E-state index in [1.807, 2.05) is 25.1 Å². The topological polar surface area (TPSA) is 20.3 Å². The summed E-state index contributed by atoms with van der Waals surface area (Å²) in [5.41, 5.74) is 2.18. The average molecular weight is 336 g/mol. The second-order valence-corrected chi connectivity index (χ2v) is 5.41. The van der Waals surface area contributed by atoms with Crippen molar-refractivity contribution in [2.45, 2.75) is 18.7 Å². The molecule has 80 valence electrons. The molecular formula is C11H11ClINO. The lowest BCUT2D eigenvalue weighted by Gasteiger charge is -2.18. The van der Waals surface area contributed by atoms with Gasteiger partial charge in [-0.2, -0.15) is 0 Å². The minimum Gasteiger partial charge on any atom is -0.310 e. The molecule has 1 saturated heterocycles. The zero-order valence-electron chi connectivity index (χ0n) is 8.34. The zero-order valence-corrected chi connectivity index (χ0v) is 11.2. The van der Waals surface area contributed by atoms with Gasteiger partial charge in [0.25, 0.3) is 0 Å². The van der Waals surface area contributed by atoms with E-state index in [-0.39, 0.29) is 11.3 Å². The number of hydrogen-bond donors (Lipinski definition) is 0. The van der Waals surface area contributed by atoms with Crippen LogP contribution in [0.3, 0.4) is 0 Å². The molecule has 0 saturated carbocycles. The third-order valence-corrected chi connectivity index (χ3v) is 4.24. The van der Waals surface area contributed by atoms with Gasteiger partial charge in [0.2, 0.25) is 5.91 Å². The highest BCUT2D eigenvalue weighted by Gasteiger charge is 2.30. The number of benzene rings is 1. The van der Waals surface area contributed by atoms with Gasteiger partial charge in [0.1, 0.15) is 0 Å². The van der Waals surface area contributed by atoms with Crippen LogP contribution in [0.5, 0.6) is 0 Å². The smallest absolute Gasteiger partial charge is 0.228 e. The lowest BCUT2D eigenvalue weighted by molar-refractivity contribution is -0.117. The molecule has 1 heterocycles. The van der Waals surface area contributed by atoms with Crippen LogP contribution in [0.25, 0.3) is 0 Å². The van der Waals surface area contributed by atoms with E-state index < -0.39 is 0 Å². The largest absolute Gasteiger partial charge is 0.310 e. The molecule has 0 N–H and O–H groups in total. The molecule has 4 heteroatoms. The Labute approximate surface area is 108 Å². The van der Waals surface area contributed by atoms with Crippen molar-refractivity contribution in [1.29, 1.82) is 0 Å². The number of anilines is 1. The van der Waals surface area contributed by atoms with Crippen LogP contribution in [0, 0.1) is 10.5 Å². The molecule has 0 aromatic heterocycles. The second kappa shape index (κ2) is 4.29. The lowest BCUT2D eigenvalue weighted by atomic mass is 10.2. The van der Waals surface area contributed by atoms with Gasteiger partial charge in [-0.1, -0.05) is 12.1 Å². The number of nitrogens with zero attached hydrogens (tertiary/aromatic N) is 1. The number of carbonyl (C=O) groups excluding carboxylic acids is 1. The lowest BCUT2D eigenvalue weighted by Crippen LogP contribution is -2.25. The Bertz CT molecular complexity index is 408. The maximum atomic E-state index is 11.7. The Hall–Kier alpha value is -0.290. The van der Waals surface area contributed by atoms with Gasteiger partial charge in [0.15, 0.2) is 0 Å². The van der Waals surface area contributed by atoms with Crippen molar-refractivity contribution in [3.8, 4) is 0 Å². The fourth-order valence-electron chi connectivity index (χ4n) is 1.74. The van der Waals surface area contributed by atoms with E-state index >= 15 is 0 Å². The summed E-state index contributed by atoms with van der Waals surface area (Å²) in [6.45, 7) is 2.67. The molecule has 1 aliphatic heterocycles. The van der Waals surface area contributed by atoms with Crippen LogP contribution in [0.1, 0.15) is 12.0 Å². The van der Waals surface area contributed by atoms with Crippen molar-refractivity contribution in [2.24, 2.45) is 0 Å². The SMILES string of the molecule is Cc1cccc(N2CC(Cl)CC2=O)c1I. The number of hydrogen-bond acceptors (Lipinski definition) is 1. The number of rotatable bonds is 1. The highest BCUT2D eigenvalue weighted by atomic mass is 127. The molecule has 1 aromatic carbocycles. The molecule has 0 aliphatic carbocycles. The summed E-state index contributed by atoms with van der Waals surface area (Å²) in [6, 6.07) is 5.99. The fourth-order valence-corrected chi connectivity index (χ4v) is 2.66. The van der Waals surface area contributed by atoms with Crippen molar-refractivity contribution >= 4 is 45.8 Å². The maximum Gasteiger partial charge on any atom is 0.228 e. The predicted octanol–water partition coefficient (Wildman–Crippen LogP) is 2.94. The van der Waals surface area contributed by atoms with Crippen LogP contribution >= 0.6 is 34.2 Å². The van der Waals surface area contributed by atoms with Gasteiger partial charge in [-0.05, 0) is 41.1 Å². The van der Waals surface area contributed by atoms with Crippen molar-refractivity contribution < 1.29 is 4.79 Å². The molecule has 2 nitrogen and oxygen atoms in total. The summed E-state index contributed by atoms with van der Waals surface area (Å²) >= 11 is 8.25. The molecule has 1 atom stereocenters. The molecule has 1 aromatic rings. The van der Waals surface area contributed by atoms with E-state index in [4.69, 9.17) is 11.6 Å². The summed E-state index contributed by atoms with van der Waals surface area (Å²) in [4.78, 5) is 13.5. The van der Waals surface area contributed by atoms with Gasteiger partial charge >= 0.3 is 0 Å². The normalized spacial score (nSPS) is 21.1. The highest BCUT2D eigenvalue weighted by Crippen LogP contribution is 2.30. The fraction of sp³-hybridized carbons (Fsp3) is 0.364. The quantitative estimate of drug-likeness (QED) is 0.571. The van der Waals surface area contributed by atoms with Crippen molar-refractivity contribution in [2.75, 3.05) is 11.4 Å². The van der Waals surface area contributed by atoms with E-state index in [0.717, 1.165) is 9.26 Å². The van der Waals surface area contributed by atoms with E-state index in [2.05, 4.69) is 22.6 Å². The molecule has 2 rings (SSSR count). The molecule has 1 unspecified atom stereocenters. The minimum absolute atomic E-state index is 0.0474. The first kappa shape index (κ1) is 11.2. The molecule has 0 radical (unpaired) electrons. The van der Waals surface area contributed by atoms with Gasteiger partial charge in [0, 0.05) is 16.5 Å². The first-order valence-corrected chi connectivity index (χ1v) is 6.30. The summed E-state index contributed by atoms with van der Waals surface area (Å²) in [5, 5.41) is -0.0474. The monoisotopic (exact) mass is 335 g/mol. The van der Waals surface area contributed by atoms with Gasteiger partial charge in [-0.3, -0.25) is 4.79 Å². The van der Waals surface area contributed by atoms with E-state index in [1.54, 1.807) is 4.90 Å². The third-order valence-electron chi connectivity index (χ3n) is 2.54. The number of carbonyl (C=O) groups is 1. The van der Waals surface area contributed by atoms with Crippen LogP contribution in [0.4, 0.5) is 5.69 Å². The maximum absolute atomic E-state index is 11.7. The second-order valence-electron chi connectivity index (χ2n) is 3.71.